The van der Waals surface area contributed by atoms with Crippen molar-refractivity contribution in [3.63, 3.8) is 0 Å². The van der Waals surface area contributed by atoms with Crippen molar-refractivity contribution in [1.29, 1.82) is 0 Å². The molecule has 0 saturated heterocycles. The highest BCUT2D eigenvalue weighted by Gasteiger charge is 2.03. The van der Waals surface area contributed by atoms with Crippen LogP contribution in [0, 0.1) is 0 Å². The van der Waals surface area contributed by atoms with Gasteiger partial charge in [0.1, 0.15) is 0 Å². The molecule has 0 saturated carbocycles. The first kappa shape index (κ1) is 12.0. The van der Waals surface area contributed by atoms with Crippen molar-refractivity contribution in [3.05, 3.63) is 36.0 Å². The lowest BCUT2D eigenvalue weighted by Gasteiger charge is -2.07. The summed E-state index contributed by atoms with van der Waals surface area (Å²) in [5, 5.41) is 10.0. The fourth-order valence-corrected chi connectivity index (χ4v) is 1.59. The minimum absolute atomic E-state index is 0. The van der Waals surface area contributed by atoms with E-state index in [0.717, 1.165) is 11.1 Å². The number of fused-ring (bicyclic) bond motifs is 1. The number of aromatic nitrogens is 1. The molecule has 1 unspecified atom stereocenters. The van der Waals surface area contributed by atoms with Gasteiger partial charge in [-0.05, 0) is 29.5 Å². The van der Waals surface area contributed by atoms with E-state index in [9.17, 15) is 0 Å². The van der Waals surface area contributed by atoms with Crippen LogP contribution >= 0.6 is 12.4 Å². The molecule has 0 radical (unpaired) electrons. The van der Waals surface area contributed by atoms with Gasteiger partial charge in [0.2, 0.25) is 0 Å². The van der Waals surface area contributed by atoms with Gasteiger partial charge in [0.25, 0.3) is 0 Å². The van der Waals surface area contributed by atoms with Gasteiger partial charge >= 0.3 is 0 Å². The molecule has 0 aliphatic rings. The smallest absolute Gasteiger partial charge is 0.0585 e. The summed E-state index contributed by atoms with van der Waals surface area (Å²) in [6.45, 7) is 0.0305. The number of rotatable bonds is 3. The molecule has 1 aromatic heterocycles. The third-order valence-electron chi connectivity index (χ3n) is 2.35. The molecule has 0 spiro atoms. The number of hydrogen-bond acceptors (Lipinski definition) is 2. The molecule has 1 atom stereocenters. The minimum atomic E-state index is -0.164. The number of nitrogens with one attached hydrogen (secondary N) is 1. The summed E-state index contributed by atoms with van der Waals surface area (Å²) >= 11 is 0. The maximum Gasteiger partial charge on any atom is 0.0585 e. The van der Waals surface area contributed by atoms with Crippen molar-refractivity contribution >= 4 is 23.3 Å². The normalized spacial score (nSPS) is 12.4. The van der Waals surface area contributed by atoms with Crippen LogP contribution in [0.3, 0.4) is 0 Å². The van der Waals surface area contributed by atoms with Crippen LogP contribution in [0.4, 0.5) is 0 Å². The van der Waals surface area contributed by atoms with Crippen LogP contribution in [-0.2, 0) is 6.42 Å². The first-order valence-electron chi connectivity index (χ1n) is 4.72. The van der Waals surface area contributed by atoms with E-state index in [1.165, 1.54) is 5.39 Å². The van der Waals surface area contributed by atoms with Crippen molar-refractivity contribution in [3.8, 4) is 0 Å². The van der Waals surface area contributed by atoms with Gasteiger partial charge in [-0.3, -0.25) is 0 Å². The average Bonchev–Trinajstić information content (AvgIpc) is 2.64. The van der Waals surface area contributed by atoms with Crippen LogP contribution in [-0.4, -0.2) is 22.7 Å². The van der Waals surface area contributed by atoms with Crippen LogP contribution in [0.15, 0.2) is 30.5 Å². The highest BCUT2D eigenvalue weighted by molar-refractivity contribution is 5.85. The predicted molar refractivity (Wildman–Crippen MR) is 64.3 cm³/mol. The Morgan fingerprint density at radius 1 is 1.33 bits per heavy atom. The molecule has 2 aromatic rings. The maximum atomic E-state index is 8.84. The van der Waals surface area contributed by atoms with Gasteiger partial charge in [0.05, 0.1) is 6.61 Å². The number of nitrogens with two attached hydrogens (primary N) is 1. The van der Waals surface area contributed by atoms with E-state index in [1.807, 2.05) is 18.3 Å². The third kappa shape index (κ3) is 2.72. The molecule has 1 heterocycles. The van der Waals surface area contributed by atoms with Crippen molar-refractivity contribution in [2.75, 3.05) is 6.61 Å². The number of benzene rings is 1. The van der Waals surface area contributed by atoms with E-state index in [1.54, 1.807) is 0 Å². The van der Waals surface area contributed by atoms with Crippen LogP contribution in [0.5, 0.6) is 0 Å². The van der Waals surface area contributed by atoms with E-state index in [4.69, 9.17) is 10.8 Å². The summed E-state index contributed by atoms with van der Waals surface area (Å²) < 4.78 is 0. The lowest BCUT2D eigenvalue weighted by Crippen LogP contribution is -2.26. The molecule has 15 heavy (non-hydrogen) atoms. The second-order valence-electron chi connectivity index (χ2n) is 3.55. The van der Waals surface area contributed by atoms with Gasteiger partial charge in [0, 0.05) is 17.8 Å². The predicted octanol–water partition coefficient (Wildman–Crippen LogP) is 1.45. The summed E-state index contributed by atoms with van der Waals surface area (Å²) in [5.41, 5.74) is 7.94. The molecule has 3 nitrogen and oxygen atoms in total. The second kappa shape index (κ2) is 5.16. The Bertz CT molecular complexity index is 427. The number of aliphatic hydroxyl groups is 1. The van der Waals surface area contributed by atoms with Crippen LogP contribution in [0.1, 0.15) is 5.56 Å². The molecule has 0 fully saturated rings. The zero-order valence-electron chi connectivity index (χ0n) is 8.31. The Morgan fingerprint density at radius 2 is 2.13 bits per heavy atom. The zero-order valence-corrected chi connectivity index (χ0v) is 9.13. The van der Waals surface area contributed by atoms with E-state index in [-0.39, 0.29) is 25.1 Å². The molecule has 1 aromatic carbocycles. The number of halogens is 1. The van der Waals surface area contributed by atoms with Gasteiger partial charge in [-0.15, -0.1) is 12.4 Å². The van der Waals surface area contributed by atoms with Crippen molar-refractivity contribution in [2.24, 2.45) is 5.73 Å². The number of H-pyrrole nitrogens is 1. The van der Waals surface area contributed by atoms with E-state index >= 15 is 0 Å². The van der Waals surface area contributed by atoms with Crippen molar-refractivity contribution in [1.82, 2.24) is 4.98 Å². The lowest BCUT2D eigenvalue weighted by atomic mass is 10.1. The SMILES string of the molecule is Cl.NC(CO)Cc1ccc2cc[nH]c2c1. The molecule has 0 aliphatic heterocycles. The van der Waals surface area contributed by atoms with Crippen molar-refractivity contribution < 1.29 is 5.11 Å². The number of aromatic amines is 1. The van der Waals surface area contributed by atoms with Crippen LogP contribution < -0.4 is 5.73 Å². The fourth-order valence-electron chi connectivity index (χ4n) is 1.59. The van der Waals surface area contributed by atoms with Crippen LogP contribution in [0.2, 0.25) is 0 Å². The van der Waals surface area contributed by atoms with Gasteiger partial charge in [-0.1, -0.05) is 12.1 Å². The minimum Gasteiger partial charge on any atom is -0.395 e. The van der Waals surface area contributed by atoms with E-state index < -0.39 is 0 Å². The molecule has 4 N–H and O–H groups in total. The van der Waals surface area contributed by atoms with Gasteiger partial charge in [-0.25, -0.2) is 0 Å². The monoisotopic (exact) mass is 226 g/mol. The van der Waals surface area contributed by atoms with Gasteiger partial charge in [-0.2, -0.15) is 0 Å². The van der Waals surface area contributed by atoms with Crippen LogP contribution in [0.25, 0.3) is 10.9 Å². The molecule has 4 heteroatoms. The molecule has 82 valence electrons. The summed E-state index contributed by atoms with van der Waals surface area (Å²) in [7, 11) is 0. The number of hydrogen-bond donors (Lipinski definition) is 3. The quantitative estimate of drug-likeness (QED) is 0.742. The number of aliphatic hydroxyl groups excluding tert-OH is 1. The van der Waals surface area contributed by atoms with Gasteiger partial charge < -0.3 is 15.8 Å². The van der Waals surface area contributed by atoms with E-state index in [2.05, 4.69) is 17.1 Å². The standard InChI is InChI=1S/C11H14N2O.ClH/c12-10(7-14)5-8-1-2-9-3-4-13-11(9)6-8;/h1-4,6,10,13-14H,5,7,12H2;1H. The zero-order chi connectivity index (χ0) is 9.97. The van der Waals surface area contributed by atoms with E-state index in [0.29, 0.717) is 6.42 Å². The Kier molecular flexibility index (Phi) is 4.15. The Labute approximate surface area is 94.7 Å². The third-order valence-corrected chi connectivity index (χ3v) is 2.35. The molecule has 0 aliphatic carbocycles. The molecular weight excluding hydrogens is 212 g/mol. The summed E-state index contributed by atoms with van der Waals surface area (Å²) in [6.07, 6.45) is 2.63. The molecule has 2 rings (SSSR count). The highest BCUT2D eigenvalue weighted by Crippen LogP contribution is 2.14. The topological polar surface area (TPSA) is 62.0 Å². The Morgan fingerprint density at radius 3 is 2.87 bits per heavy atom. The Balaban J connectivity index is 0.00000112. The second-order valence-corrected chi connectivity index (χ2v) is 3.55. The summed E-state index contributed by atoms with van der Waals surface area (Å²) in [5.74, 6) is 0. The molecule has 0 amide bonds. The summed E-state index contributed by atoms with van der Waals surface area (Å²) in [6, 6.07) is 8.05. The first-order chi connectivity index (χ1) is 6.79. The highest BCUT2D eigenvalue weighted by atomic mass is 35.5. The van der Waals surface area contributed by atoms with Crippen molar-refractivity contribution in [2.45, 2.75) is 12.5 Å². The molecular formula is C11H15ClN2O. The Hall–Kier alpha value is -1.03. The maximum absolute atomic E-state index is 8.84. The summed E-state index contributed by atoms with van der Waals surface area (Å²) in [4.78, 5) is 3.15. The van der Waals surface area contributed by atoms with Gasteiger partial charge in [0.15, 0.2) is 0 Å². The largest absolute Gasteiger partial charge is 0.395 e. The fraction of sp³-hybridized carbons (Fsp3) is 0.273. The molecule has 0 bridgehead atoms. The first-order valence-corrected chi connectivity index (χ1v) is 4.72. The lowest BCUT2D eigenvalue weighted by molar-refractivity contribution is 0.265. The average molecular weight is 227 g/mol.